The normalized spacial score (nSPS) is 11.5. The summed E-state index contributed by atoms with van der Waals surface area (Å²) >= 11 is 8.42. The van der Waals surface area contributed by atoms with Crippen molar-refractivity contribution in [2.75, 3.05) is 12.4 Å². The molecule has 1 rings (SSSR count). The van der Waals surface area contributed by atoms with Gasteiger partial charge in [0.05, 0.1) is 5.69 Å². The third-order valence-corrected chi connectivity index (χ3v) is 2.23. The quantitative estimate of drug-likeness (QED) is 0.873. The minimum Gasteiger partial charge on any atom is -0.411 e. The largest absolute Gasteiger partial charge is 0.428 e. The lowest BCUT2D eigenvalue weighted by atomic mass is 10.4. The number of hydrogen-bond donors (Lipinski definition) is 1. The molecule has 0 radical (unpaired) electrons. The zero-order valence-electron chi connectivity index (χ0n) is 7.11. The van der Waals surface area contributed by atoms with Crippen molar-refractivity contribution in [3.63, 3.8) is 0 Å². The Labute approximate surface area is 96.5 Å². The predicted molar refractivity (Wildman–Crippen MR) is 52.9 cm³/mol. The molecule has 0 amide bonds. The maximum Gasteiger partial charge on any atom is 0.428 e. The van der Waals surface area contributed by atoms with Crippen molar-refractivity contribution in [3.8, 4) is 5.88 Å². The summed E-state index contributed by atoms with van der Waals surface area (Å²) in [5.41, 5.74) is 5.54. The van der Waals surface area contributed by atoms with Crippen LogP contribution in [0.15, 0.2) is 10.7 Å². The average Bonchev–Trinajstić information content (AvgIpc) is 2.14. The van der Waals surface area contributed by atoms with Crippen LogP contribution in [0.4, 0.5) is 18.9 Å². The highest BCUT2D eigenvalue weighted by atomic mass is 79.9. The van der Waals surface area contributed by atoms with Crippen LogP contribution in [0, 0.1) is 0 Å². The molecule has 3 nitrogen and oxygen atoms in total. The number of pyridine rings is 1. The van der Waals surface area contributed by atoms with Gasteiger partial charge in [0, 0.05) is 0 Å². The Morgan fingerprint density at radius 2 is 2.20 bits per heavy atom. The van der Waals surface area contributed by atoms with Gasteiger partial charge in [0.1, 0.15) is 9.63 Å². The molecule has 0 unspecified atom stereocenters. The number of anilines is 1. The monoisotopic (exact) mass is 304 g/mol. The van der Waals surface area contributed by atoms with E-state index in [0.717, 1.165) is 0 Å². The maximum atomic E-state index is 12.5. The molecule has 0 bridgehead atoms. The summed E-state index contributed by atoms with van der Waals surface area (Å²) in [6.07, 6.45) is -3.95. The van der Waals surface area contributed by atoms with Crippen molar-refractivity contribution in [1.82, 2.24) is 4.98 Å². The number of nitrogen functional groups attached to an aromatic ring is 1. The summed E-state index contributed by atoms with van der Waals surface area (Å²) in [7, 11) is 0. The van der Waals surface area contributed by atoms with Gasteiger partial charge in [-0.05, 0) is 22.0 Å². The Balaban J connectivity index is 3.01. The van der Waals surface area contributed by atoms with Gasteiger partial charge in [0.15, 0.2) is 6.67 Å². The molecule has 1 aromatic heterocycles. The van der Waals surface area contributed by atoms with Gasteiger partial charge in [0.2, 0.25) is 5.88 Å². The van der Waals surface area contributed by atoms with Crippen LogP contribution >= 0.6 is 27.5 Å². The van der Waals surface area contributed by atoms with Gasteiger partial charge < -0.3 is 10.5 Å². The molecular weight excluding hydrogens is 300 g/mol. The molecule has 0 aliphatic heterocycles. The fraction of sp³-hybridized carbons (Fsp3) is 0.286. The molecule has 0 aliphatic rings. The fourth-order valence-electron chi connectivity index (χ4n) is 0.705. The van der Waals surface area contributed by atoms with E-state index in [0.29, 0.717) is 0 Å². The zero-order valence-corrected chi connectivity index (χ0v) is 9.45. The molecule has 0 aromatic carbocycles. The van der Waals surface area contributed by atoms with Gasteiger partial charge in [0.25, 0.3) is 0 Å². The lowest BCUT2D eigenvalue weighted by Gasteiger charge is -2.14. The van der Waals surface area contributed by atoms with Crippen LogP contribution in [0.25, 0.3) is 0 Å². The van der Waals surface area contributed by atoms with E-state index in [2.05, 4.69) is 25.7 Å². The molecule has 0 aliphatic carbocycles. The number of aromatic nitrogens is 1. The Morgan fingerprint density at radius 3 is 2.73 bits per heavy atom. The molecule has 0 atom stereocenters. The smallest absolute Gasteiger partial charge is 0.411 e. The van der Waals surface area contributed by atoms with Gasteiger partial charge in [-0.1, -0.05) is 11.6 Å². The van der Waals surface area contributed by atoms with Crippen molar-refractivity contribution >= 4 is 33.2 Å². The molecule has 0 saturated carbocycles. The van der Waals surface area contributed by atoms with Crippen molar-refractivity contribution < 1.29 is 17.9 Å². The first-order chi connectivity index (χ1) is 6.85. The summed E-state index contributed by atoms with van der Waals surface area (Å²) in [4.78, 5) is 3.50. The van der Waals surface area contributed by atoms with Crippen LogP contribution < -0.4 is 10.5 Å². The van der Waals surface area contributed by atoms with Crippen LogP contribution in [0.2, 0.25) is 5.02 Å². The Kier molecular flexibility index (Phi) is 3.67. The Morgan fingerprint density at radius 1 is 1.60 bits per heavy atom. The minimum absolute atomic E-state index is 0.0940. The van der Waals surface area contributed by atoms with Gasteiger partial charge in [-0.3, -0.25) is 0 Å². The summed E-state index contributed by atoms with van der Waals surface area (Å²) in [6, 6.07) is 1.17. The Hall–Kier alpha value is -0.690. The molecule has 0 fully saturated rings. The molecule has 0 saturated heterocycles. The molecule has 1 heterocycles. The summed E-state index contributed by atoms with van der Waals surface area (Å²) < 4.78 is 40.9. The Bertz CT molecular complexity index is 377. The maximum absolute atomic E-state index is 12.5. The van der Waals surface area contributed by atoms with Crippen molar-refractivity contribution in [2.45, 2.75) is 6.11 Å². The number of rotatable bonds is 3. The molecular formula is C7H5BrClF3N2O. The fourth-order valence-corrected chi connectivity index (χ4v) is 1.18. The van der Waals surface area contributed by atoms with Crippen LogP contribution in [0.3, 0.4) is 0 Å². The third kappa shape index (κ3) is 3.13. The van der Waals surface area contributed by atoms with Crippen molar-refractivity contribution in [2.24, 2.45) is 0 Å². The van der Waals surface area contributed by atoms with Crippen LogP contribution in [-0.4, -0.2) is 17.8 Å². The van der Waals surface area contributed by atoms with Gasteiger partial charge >= 0.3 is 6.11 Å². The first kappa shape index (κ1) is 12.4. The first-order valence-electron chi connectivity index (χ1n) is 3.60. The third-order valence-electron chi connectivity index (χ3n) is 1.33. The molecule has 15 heavy (non-hydrogen) atoms. The van der Waals surface area contributed by atoms with Crippen molar-refractivity contribution in [3.05, 3.63) is 15.7 Å². The highest BCUT2D eigenvalue weighted by Gasteiger charge is 2.33. The molecule has 2 N–H and O–H groups in total. The van der Waals surface area contributed by atoms with E-state index >= 15 is 0 Å². The van der Waals surface area contributed by atoms with E-state index in [-0.39, 0.29) is 15.3 Å². The number of alkyl halides is 3. The predicted octanol–water partition coefficient (Wildman–Crippen LogP) is 3.02. The van der Waals surface area contributed by atoms with E-state index in [4.69, 9.17) is 17.3 Å². The summed E-state index contributed by atoms with van der Waals surface area (Å²) in [5.74, 6) is -0.583. The number of nitrogens with two attached hydrogens (primary N) is 1. The summed E-state index contributed by atoms with van der Waals surface area (Å²) in [6.45, 7) is -1.97. The van der Waals surface area contributed by atoms with Gasteiger partial charge in [-0.2, -0.15) is 8.78 Å². The topological polar surface area (TPSA) is 48.1 Å². The first-order valence-corrected chi connectivity index (χ1v) is 4.77. The second-order valence-corrected chi connectivity index (χ2v) is 3.69. The number of hydrogen-bond acceptors (Lipinski definition) is 3. The van der Waals surface area contributed by atoms with E-state index in [9.17, 15) is 13.2 Å². The lowest BCUT2D eigenvalue weighted by molar-refractivity contribution is -0.188. The highest BCUT2D eigenvalue weighted by Crippen LogP contribution is 2.32. The minimum atomic E-state index is -3.95. The zero-order chi connectivity index (χ0) is 11.6. The van der Waals surface area contributed by atoms with Gasteiger partial charge in [-0.25, -0.2) is 9.37 Å². The second kappa shape index (κ2) is 4.44. The van der Waals surface area contributed by atoms with Crippen LogP contribution in [0.1, 0.15) is 0 Å². The SMILES string of the molecule is Nc1cc(Cl)c(OC(F)(F)CF)nc1Br. The van der Waals surface area contributed by atoms with Gasteiger partial charge in [-0.15, -0.1) is 0 Å². The number of ether oxygens (including phenoxy) is 1. The number of halogens is 5. The van der Waals surface area contributed by atoms with Crippen LogP contribution in [0.5, 0.6) is 5.88 Å². The molecule has 8 heteroatoms. The molecule has 84 valence electrons. The lowest BCUT2D eigenvalue weighted by Crippen LogP contribution is -2.27. The second-order valence-electron chi connectivity index (χ2n) is 2.53. The van der Waals surface area contributed by atoms with E-state index in [1.54, 1.807) is 0 Å². The number of nitrogens with zero attached hydrogens (tertiary/aromatic N) is 1. The van der Waals surface area contributed by atoms with Crippen LogP contribution in [-0.2, 0) is 0 Å². The van der Waals surface area contributed by atoms with E-state index < -0.39 is 18.7 Å². The standard InChI is InChI=1S/C7H5BrClF3N2O/c8-5-4(13)1-3(9)6(14-5)15-7(11,12)2-10/h1H,2,13H2. The molecule has 1 aromatic rings. The van der Waals surface area contributed by atoms with Crippen molar-refractivity contribution in [1.29, 1.82) is 0 Å². The molecule has 0 spiro atoms. The highest BCUT2D eigenvalue weighted by molar-refractivity contribution is 9.10. The average molecular weight is 305 g/mol. The van der Waals surface area contributed by atoms with E-state index in [1.165, 1.54) is 6.07 Å². The summed E-state index contributed by atoms with van der Waals surface area (Å²) in [5, 5.41) is -0.219. The van der Waals surface area contributed by atoms with E-state index in [1.807, 2.05) is 0 Å².